The lowest BCUT2D eigenvalue weighted by Crippen LogP contribution is -2.24. The fraction of sp³-hybridized carbons (Fsp3) is 0.533. The molecule has 1 atom stereocenters. The summed E-state index contributed by atoms with van der Waals surface area (Å²) in [7, 11) is 0. The van der Waals surface area contributed by atoms with E-state index in [0.29, 0.717) is 17.9 Å². The average molecular weight is 278 g/mol. The van der Waals surface area contributed by atoms with Crippen molar-refractivity contribution in [2.45, 2.75) is 38.8 Å². The number of carbonyl (C=O) groups excluding carboxylic acids is 1. The van der Waals surface area contributed by atoms with E-state index in [4.69, 9.17) is 15.2 Å². The van der Waals surface area contributed by atoms with Crippen LogP contribution in [0.2, 0.25) is 0 Å². The minimum absolute atomic E-state index is 0.282. The van der Waals surface area contributed by atoms with Crippen LogP contribution in [0.15, 0.2) is 18.2 Å². The molecule has 0 aliphatic carbocycles. The largest absolute Gasteiger partial charge is 0.456 e. The molecule has 0 bridgehead atoms. The molecule has 1 aromatic rings. The number of hydrogen-bond donors (Lipinski definition) is 2. The first kappa shape index (κ1) is 14.7. The zero-order valence-electron chi connectivity index (χ0n) is 12.2. The summed E-state index contributed by atoms with van der Waals surface area (Å²) in [5.41, 5.74) is 7.31. The van der Waals surface area contributed by atoms with E-state index in [-0.39, 0.29) is 12.0 Å². The number of rotatable bonds is 3. The van der Waals surface area contributed by atoms with Crippen molar-refractivity contribution < 1.29 is 14.3 Å². The van der Waals surface area contributed by atoms with Gasteiger partial charge in [-0.2, -0.15) is 0 Å². The molecule has 1 aliphatic heterocycles. The monoisotopic (exact) mass is 278 g/mol. The molecule has 20 heavy (non-hydrogen) atoms. The Bertz CT molecular complexity index is 488. The van der Waals surface area contributed by atoms with Gasteiger partial charge in [0.25, 0.3) is 0 Å². The van der Waals surface area contributed by atoms with E-state index in [2.05, 4.69) is 5.32 Å². The topological polar surface area (TPSA) is 73.6 Å². The van der Waals surface area contributed by atoms with Crippen molar-refractivity contribution in [2.75, 3.05) is 24.3 Å². The summed E-state index contributed by atoms with van der Waals surface area (Å²) in [5, 5.41) is 3.32. The number of benzene rings is 1. The lowest BCUT2D eigenvalue weighted by atomic mass is 10.1. The fourth-order valence-electron chi connectivity index (χ4n) is 2.03. The second-order valence-corrected chi connectivity index (χ2v) is 6.01. The smallest absolute Gasteiger partial charge is 0.338 e. The first-order valence-electron chi connectivity index (χ1n) is 6.82. The standard InChI is InChI=1S/C15H22N2O3/c1-15(2,3)20-14(18)10-4-5-13(12(16)8-10)17-11-6-7-19-9-11/h4-5,8,11,17H,6-7,9,16H2,1-3H3. The number of hydrogen-bond acceptors (Lipinski definition) is 5. The van der Waals surface area contributed by atoms with Gasteiger partial charge in [0.05, 0.1) is 29.6 Å². The van der Waals surface area contributed by atoms with Crippen molar-refractivity contribution in [3.8, 4) is 0 Å². The van der Waals surface area contributed by atoms with Gasteiger partial charge in [0.2, 0.25) is 0 Å². The zero-order chi connectivity index (χ0) is 14.8. The molecule has 5 nitrogen and oxygen atoms in total. The molecule has 5 heteroatoms. The van der Waals surface area contributed by atoms with Gasteiger partial charge in [-0.25, -0.2) is 4.79 Å². The molecule has 0 saturated carbocycles. The molecule has 1 aromatic carbocycles. The third-order valence-corrected chi connectivity index (χ3v) is 2.98. The summed E-state index contributed by atoms with van der Waals surface area (Å²) in [5.74, 6) is -0.361. The van der Waals surface area contributed by atoms with E-state index in [0.717, 1.165) is 18.7 Å². The van der Waals surface area contributed by atoms with Crippen molar-refractivity contribution in [3.63, 3.8) is 0 Å². The highest BCUT2D eigenvalue weighted by molar-refractivity contribution is 5.92. The van der Waals surface area contributed by atoms with Gasteiger partial charge in [-0.1, -0.05) is 0 Å². The third-order valence-electron chi connectivity index (χ3n) is 2.98. The van der Waals surface area contributed by atoms with Crippen LogP contribution in [0.3, 0.4) is 0 Å². The SMILES string of the molecule is CC(C)(C)OC(=O)c1ccc(NC2CCOC2)c(N)c1. The number of anilines is 2. The minimum atomic E-state index is -0.510. The Kier molecular flexibility index (Phi) is 4.18. The van der Waals surface area contributed by atoms with Crippen LogP contribution in [0.25, 0.3) is 0 Å². The van der Waals surface area contributed by atoms with E-state index < -0.39 is 5.60 Å². The normalized spacial score (nSPS) is 18.9. The second-order valence-electron chi connectivity index (χ2n) is 6.01. The first-order valence-corrected chi connectivity index (χ1v) is 6.82. The molecule has 0 amide bonds. The van der Waals surface area contributed by atoms with Crippen LogP contribution in [0.4, 0.5) is 11.4 Å². The summed E-state index contributed by atoms with van der Waals surface area (Å²) < 4.78 is 10.6. The van der Waals surface area contributed by atoms with Crippen molar-refractivity contribution in [1.29, 1.82) is 0 Å². The van der Waals surface area contributed by atoms with E-state index >= 15 is 0 Å². The molecule has 1 heterocycles. The quantitative estimate of drug-likeness (QED) is 0.656. The van der Waals surface area contributed by atoms with Crippen molar-refractivity contribution in [2.24, 2.45) is 0 Å². The maximum absolute atomic E-state index is 12.0. The van der Waals surface area contributed by atoms with Gasteiger partial charge >= 0.3 is 5.97 Å². The zero-order valence-corrected chi connectivity index (χ0v) is 12.2. The summed E-state index contributed by atoms with van der Waals surface area (Å²) in [4.78, 5) is 12.0. The molecule has 0 spiro atoms. The maximum Gasteiger partial charge on any atom is 0.338 e. The average Bonchev–Trinajstić information content (AvgIpc) is 2.82. The van der Waals surface area contributed by atoms with E-state index in [1.54, 1.807) is 12.1 Å². The van der Waals surface area contributed by atoms with Crippen molar-refractivity contribution >= 4 is 17.3 Å². The molecule has 0 aromatic heterocycles. The molecule has 1 aliphatic rings. The van der Waals surface area contributed by atoms with Gasteiger partial charge in [-0.3, -0.25) is 0 Å². The number of ether oxygens (including phenoxy) is 2. The van der Waals surface area contributed by atoms with Gasteiger partial charge in [0.1, 0.15) is 5.60 Å². The Balaban J connectivity index is 2.06. The second kappa shape index (κ2) is 5.71. The highest BCUT2D eigenvalue weighted by atomic mass is 16.6. The maximum atomic E-state index is 12.0. The van der Waals surface area contributed by atoms with Gasteiger partial charge in [-0.15, -0.1) is 0 Å². The van der Waals surface area contributed by atoms with Crippen LogP contribution in [0.1, 0.15) is 37.6 Å². The molecule has 2 rings (SSSR count). The van der Waals surface area contributed by atoms with Crippen molar-refractivity contribution in [3.05, 3.63) is 23.8 Å². The van der Waals surface area contributed by atoms with Crippen LogP contribution in [0, 0.1) is 0 Å². The van der Waals surface area contributed by atoms with Crippen LogP contribution >= 0.6 is 0 Å². The first-order chi connectivity index (χ1) is 9.35. The molecule has 0 radical (unpaired) electrons. The lowest BCUT2D eigenvalue weighted by Gasteiger charge is -2.20. The van der Waals surface area contributed by atoms with Crippen LogP contribution in [-0.4, -0.2) is 30.8 Å². The fourth-order valence-corrected chi connectivity index (χ4v) is 2.03. The predicted octanol–water partition coefficient (Wildman–Crippen LogP) is 2.42. The molecule has 3 N–H and O–H groups in total. The van der Waals surface area contributed by atoms with E-state index in [9.17, 15) is 4.79 Å². The lowest BCUT2D eigenvalue weighted by molar-refractivity contribution is 0.00696. The van der Waals surface area contributed by atoms with E-state index in [1.807, 2.05) is 26.8 Å². The minimum Gasteiger partial charge on any atom is -0.456 e. The Labute approximate surface area is 119 Å². The molecule has 1 unspecified atom stereocenters. The van der Waals surface area contributed by atoms with Gasteiger partial charge in [0, 0.05) is 6.61 Å². The predicted molar refractivity (Wildman–Crippen MR) is 78.9 cm³/mol. The van der Waals surface area contributed by atoms with E-state index in [1.165, 1.54) is 0 Å². The summed E-state index contributed by atoms with van der Waals surface area (Å²) in [6.07, 6.45) is 0.966. The van der Waals surface area contributed by atoms with Gasteiger partial charge in [0.15, 0.2) is 0 Å². The number of nitrogen functional groups attached to an aromatic ring is 1. The Morgan fingerprint density at radius 2 is 2.20 bits per heavy atom. The Hall–Kier alpha value is -1.75. The number of esters is 1. The third kappa shape index (κ3) is 3.87. The summed E-state index contributed by atoms with van der Waals surface area (Å²) in [6, 6.07) is 5.46. The molecular formula is C15H22N2O3. The van der Waals surface area contributed by atoms with Crippen LogP contribution < -0.4 is 11.1 Å². The molecular weight excluding hydrogens is 256 g/mol. The summed E-state index contributed by atoms with van der Waals surface area (Å²) in [6.45, 7) is 6.97. The Morgan fingerprint density at radius 3 is 2.75 bits per heavy atom. The van der Waals surface area contributed by atoms with Gasteiger partial charge < -0.3 is 20.5 Å². The Morgan fingerprint density at radius 1 is 1.45 bits per heavy atom. The molecule has 110 valence electrons. The summed E-state index contributed by atoms with van der Waals surface area (Å²) >= 11 is 0. The highest BCUT2D eigenvalue weighted by Gasteiger charge is 2.20. The molecule has 1 fully saturated rings. The number of nitrogens with two attached hydrogens (primary N) is 1. The number of nitrogens with one attached hydrogen (secondary N) is 1. The van der Waals surface area contributed by atoms with Crippen molar-refractivity contribution in [1.82, 2.24) is 0 Å². The van der Waals surface area contributed by atoms with Gasteiger partial charge in [-0.05, 0) is 45.4 Å². The highest BCUT2D eigenvalue weighted by Crippen LogP contribution is 2.23. The van der Waals surface area contributed by atoms with Crippen LogP contribution in [-0.2, 0) is 9.47 Å². The van der Waals surface area contributed by atoms with Crippen LogP contribution in [0.5, 0.6) is 0 Å². The number of carbonyl (C=O) groups is 1. The molecule has 1 saturated heterocycles.